The lowest BCUT2D eigenvalue weighted by Crippen LogP contribution is -2.12. The van der Waals surface area contributed by atoms with E-state index in [4.69, 9.17) is 5.26 Å². The molecule has 9 heteroatoms. The average molecular weight is 259 g/mol. The van der Waals surface area contributed by atoms with Crippen LogP contribution in [0.2, 0.25) is 0 Å². The minimum atomic E-state index is -0.638. The molecule has 2 N–H and O–H groups in total. The van der Waals surface area contributed by atoms with Crippen molar-refractivity contribution in [2.45, 2.75) is 13.0 Å². The van der Waals surface area contributed by atoms with E-state index >= 15 is 0 Å². The summed E-state index contributed by atoms with van der Waals surface area (Å²) in [7, 11) is 0. The van der Waals surface area contributed by atoms with Gasteiger partial charge in [0.1, 0.15) is 23.8 Å². The highest BCUT2D eigenvalue weighted by Gasteiger charge is 2.23. The number of aromatic nitrogens is 4. The normalized spacial score (nSPS) is 11.6. The van der Waals surface area contributed by atoms with Crippen LogP contribution in [-0.2, 0) is 0 Å². The van der Waals surface area contributed by atoms with Crippen molar-refractivity contribution in [1.29, 1.82) is 5.26 Å². The highest BCUT2D eigenvalue weighted by molar-refractivity contribution is 5.64. The maximum absolute atomic E-state index is 11.0. The molecular formula is C10H9N7O2. The summed E-state index contributed by atoms with van der Waals surface area (Å²) in [5.74, 6) is 0.534. The van der Waals surface area contributed by atoms with Crippen molar-refractivity contribution in [2.24, 2.45) is 0 Å². The van der Waals surface area contributed by atoms with Crippen LogP contribution in [0.5, 0.6) is 0 Å². The molecule has 9 nitrogen and oxygen atoms in total. The first-order chi connectivity index (χ1) is 9.13. The van der Waals surface area contributed by atoms with Gasteiger partial charge in [0, 0.05) is 6.20 Å². The summed E-state index contributed by atoms with van der Waals surface area (Å²) in [6.45, 7) is 1.74. The Morgan fingerprint density at radius 2 is 2.37 bits per heavy atom. The maximum Gasteiger partial charge on any atom is 0.328 e. The molecule has 96 valence electrons. The molecule has 0 amide bonds. The summed E-state index contributed by atoms with van der Waals surface area (Å²) in [6.07, 6.45) is 2.67. The minimum Gasteiger partial charge on any atom is -0.355 e. The molecule has 2 aromatic heterocycles. The van der Waals surface area contributed by atoms with Gasteiger partial charge >= 0.3 is 5.69 Å². The van der Waals surface area contributed by atoms with Crippen molar-refractivity contribution in [3.63, 3.8) is 0 Å². The Hall–Kier alpha value is -3.02. The highest BCUT2D eigenvalue weighted by Crippen LogP contribution is 2.28. The zero-order chi connectivity index (χ0) is 13.8. The Kier molecular flexibility index (Phi) is 3.33. The van der Waals surface area contributed by atoms with Crippen molar-refractivity contribution >= 4 is 11.5 Å². The quantitative estimate of drug-likeness (QED) is 0.621. The first-order valence-corrected chi connectivity index (χ1v) is 5.28. The molecule has 2 rings (SSSR count). The van der Waals surface area contributed by atoms with Gasteiger partial charge in [-0.05, 0) is 13.0 Å². The molecule has 0 saturated heterocycles. The third-order valence-corrected chi connectivity index (χ3v) is 2.42. The summed E-state index contributed by atoms with van der Waals surface area (Å²) in [4.78, 5) is 18.2. The smallest absolute Gasteiger partial charge is 0.328 e. The van der Waals surface area contributed by atoms with Crippen LogP contribution >= 0.6 is 0 Å². The number of hydrogen-bond donors (Lipinski definition) is 2. The van der Waals surface area contributed by atoms with E-state index in [2.05, 4.69) is 25.5 Å². The number of rotatable bonds is 4. The third-order valence-electron chi connectivity index (χ3n) is 2.42. The molecule has 0 aliphatic rings. The van der Waals surface area contributed by atoms with Gasteiger partial charge in [0.2, 0.25) is 5.82 Å². The average Bonchev–Trinajstić information content (AvgIpc) is 2.92. The first-order valence-electron chi connectivity index (χ1n) is 5.28. The lowest BCUT2D eigenvalue weighted by atomic mass is 10.2. The van der Waals surface area contributed by atoms with Crippen molar-refractivity contribution in [1.82, 2.24) is 20.2 Å². The van der Waals surface area contributed by atoms with Crippen LogP contribution in [-0.4, -0.2) is 25.1 Å². The van der Waals surface area contributed by atoms with Gasteiger partial charge in [-0.2, -0.15) is 10.4 Å². The third kappa shape index (κ3) is 2.47. The summed E-state index contributed by atoms with van der Waals surface area (Å²) < 4.78 is 0. The van der Waals surface area contributed by atoms with Crippen molar-refractivity contribution in [2.75, 3.05) is 5.32 Å². The van der Waals surface area contributed by atoms with Gasteiger partial charge in [-0.1, -0.05) is 0 Å². The zero-order valence-electron chi connectivity index (χ0n) is 9.86. The Morgan fingerprint density at radius 1 is 1.58 bits per heavy atom. The Bertz CT molecular complexity index is 632. The molecule has 0 bridgehead atoms. The molecule has 0 spiro atoms. The monoisotopic (exact) mass is 259 g/mol. The van der Waals surface area contributed by atoms with Crippen molar-refractivity contribution < 1.29 is 4.92 Å². The second-order valence-corrected chi connectivity index (χ2v) is 3.66. The van der Waals surface area contributed by atoms with Gasteiger partial charge in [-0.25, -0.2) is 9.97 Å². The van der Waals surface area contributed by atoms with Crippen molar-refractivity contribution in [3.8, 4) is 6.07 Å². The number of nitrogens with zero attached hydrogens (tertiary/aromatic N) is 5. The van der Waals surface area contributed by atoms with E-state index in [1.54, 1.807) is 13.0 Å². The molecule has 0 aromatic carbocycles. The molecule has 19 heavy (non-hydrogen) atoms. The molecule has 0 aliphatic carbocycles. The summed E-state index contributed by atoms with van der Waals surface area (Å²) in [5, 5.41) is 29.1. The maximum atomic E-state index is 11.0. The molecule has 0 fully saturated rings. The first kappa shape index (κ1) is 12.4. The molecule has 0 saturated carbocycles. The minimum absolute atomic E-state index is 0.0213. The van der Waals surface area contributed by atoms with Gasteiger partial charge in [-0.15, -0.1) is 0 Å². The van der Waals surface area contributed by atoms with Crippen molar-refractivity contribution in [3.05, 3.63) is 40.1 Å². The van der Waals surface area contributed by atoms with Crippen LogP contribution in [0.25, 0.3) is 0 Å². The summed E-state index contributed by atoms with van der Waals surface area (Å²) in [5.41, 5.74) is -0.399. The SMILES string of the molecule is CC(Nc1nccc(C#N)c1[N+](=O)[O-])c1ncn[nH]1. The molecular weight excluding hydrogens is 250 g/mol. The fraction of sp³-hybridized carbons (Fsp3) is 0.200. The lowest BCUT2D eigenvalue weighted by Gasteiger charge is -2.11. The van der Waals surface area contributed by atoms with Gasteiger partial charge in [0.25, 0.3) is 0 Å². The number of nitrogens with one attached hydrogen (secondary N) is 2. The Balaban J connectivity index is 2.35. The summed E-state index contributed by atoms with van der Waals surface area (Å²) >= 11 is 0. The largest absolute Gasteiger partial charge is 0.355 e. The number of H-pyrrole nitrogens is 1. The van der Waals surface area contributed by atoms with E-state index in [0.717, 1.165) is 0 Å². The standard InChI is InChI=1S/C10H9N7O2/c1-6(9-13-5-14-16-9)15-10-8(17(18)19)7(4-11)2-3-12-10/h2-3,5-6H,1H3,(H,12,15)(H,13,14,16). The number of hydrogen-bond acceptors (Lipinski definition) is 7. The van der Waals surface area contributed by atoms with Crippen LogP contribution < -0.4 is 5.32 Å². The molecule has 2 aromatic rings. The van der Waals surface area contributed by atoms with Gasteiger partial charge in [-0.3, -0.25) is 15.2 Å². The van der Waals surface area contributed by atoms with Crippen LogP contribution in [0.4, 0.5) is 11.5 Å². The predicted octanol–water partition coefficient (Wildman–Crippen LogP) is 1.15. The van der Waals surface area contributed by atoms with E-state index < -0.39 is 4.92 Å². The second kappa shape index (κ2) is 5.09. The molecule has 2 heterocycles. The molecule has 1 atom stereocenters. The van der Waals surface area contributed by atoms with E-state index in [-0.39, 0.29) is 23.1 Å². The number of nitro groups is 1. The molecule has 0 aliphatic heterocycles. The van der Waals surface area contributed by atoms with Crippen LogP contribution in [0, 0.1) is 21.4 Å². The lowest BCUT2D eigenvalue weighted by molar-refractivity contribution is -0.384. The van der Waals surface area contributed by atoms with Crippen LogP contribution in [0.15, 0.2) is 18.6 Å². The van der Waals surface area contributed by atoms with E-state index in [9.17, 15) is 10.1 Å². The van der Waals surface area contributed by atoms with Crippen LogP contribution in [0.1, 0.15) is 24.4 Å². The summed E-state index contributed by atoms with van der Waals surface area (Å²) in [6, 6.07) is 2.70. The zero-order valence-corrected chi connectivity index (χ0v) is 9.86. The fourth-order valence-electron chi connectivity index (χ4n) is 1.53. The van der Waals surface area contributed by atoms with Gasteiger partial charge in [0.05, 0.1) is 11.0 Å². The number of anilines is 1. The highest BCUT2D eigenvalue weighted by atomic mass is 16.6. The predicted molar refractivity (Wildman–Crippen MR) is 64.0 cm³/mol. The van der Waals surface area contributed by atoms with E-state index in [1.165, 1.54) is 18.6 Å². The van der Waals surface area contributed by atoms with E-state index in [0.29, 0.717) is 5.82 Å². The fourth-order valence-corrected chi connectivity index (χ4v) is 1.53. The van der Waals surface area contributed by atoms with Gasteiger partial charge < -0.3 is 5.32 Å². The molecule has 1 unspecified atom stereocenters. The topological polar surface area (TPSA) is 133 Å². The molecule has 0 radical (unpaired) electrons. The second-order valence-electron chi connectivity index (χ2n) is 3.66. The Morgan fingerprint density at radius 3 is 2.95 bits per heavy atom. The Labute approximate surface area is 107 Å². The van der Waals surface area contributed by atoms with Crippen LogP contribution in [0.3, 0.4) is 0 Å². The number of pyridine rings is 1. The number of aromatic amines is 1. The van der Waals surface area contributed by atoms with Gasteiger partial charge in [0.15, 0.2) is 0 Å². The van der Waals surface area contributed by atoms with E-state index in [1.807, 2.05) is 0 Å². The number of nitriles is 1.